The summed E-state index contributed by atoms with van der Waals surface area (Å²) < 4.78 is 12.0. The van der Waals surface area contributed by atoms with Gasteiger partial charge in [-0.1, -0.05) is 18.6 Å². The van der Waals surface area contributed by atoms with Gasteiger partial charge in [0, 0.05) is 18.6 Å². The van der Waals surface area contributed by atoms with Gasteiger partial charge < -0.3 is 9.47 Å². The third-order valence-corrected chi connectivity index (χ3v) is 6.20. The highest BCUT2D eigenvalue weighted by molar-refractivity contribution is 5.89. The van der Waals surface area contributed by atoms with Crippen LogP contribution in [0, 0.1) is 66.3 Å². The summed E-state index contributed by atoms with van der Waals surface area (Å²) in [6.07, 6.45) is 1.16. The molecule has 4 atom stereocenters. The Bertz CT molecular complexity index is 1000. The van der Waals surface area contributed by atoms with Crippen molar-refractivity contribution >= 4 is 11.6 Å². The van der Waals surface area contributed by atoms with E-state index < -0.39 is 39.5 Å². The van der Waals surface area contributed by atoms with Gasteiger partial charge in [0.25, 0.3) is 5.69 Å². The molecule has 0 spiro atoms. The Morgan fingerprint density at radius 1 is 1.21 bits per heavy atom. The predicted octanol–water partition coefficient (Wildman–Crippen LogP) is 3.10. The van der Waals surface area contributed by atoms with E-state index in [0.29, 0.717) is 12.8 Å². The molecule has 2 aliphatic heterocycles. The number of nitro groups is 1. The molecule has 28 heavy (non-hydrogen) atoms. The standard InChI is InChI=1S/C19H15N5O4/c20-9-17(10-21)15(12-4-3-5-13(8-12)24(25)26)27-19-7-2-1-6-14(19)18(17,11-22)16(23)28-19/h3-5,8,14-15,23H,1-2,6-7H2/t14-,15+,18+,19+/m0/s1. The number of hydrogen-bond acceptors (Lipinski definition) is 8. The van der Waals surface area contributed by atoms with Crippen LogP contribution in [0.15, 0.2) is 24.3 Å². The summed E-state index contributed by atoms with van der Waals surface area (Å²) in [5.41, 5.74) is -3.86. The van der Waals surface area contributed by atoms with Crippen LogP contribution in [-0.4, -0.2) is 16.6 Å². The fraction of sp³-hybridized carbons (Fsp3) is 0.474. The molecule has 2 heterocycles. The monoisotopic (exact) mass is 377 g/mol. The fourth-order valence-corrected chi connectivity index (χ4v) is 4.96. The van der Waals surface area contributed by atoms with E-state index in [-0.39, 0.29) is 11.3 Å². The largest absolute Gasteiger partial charge is 0.447 e. The molecule has 140 valence electrons. The fourth-order valence-electron chi connectivity index (χ4n) is 4.96. The van der Waals surface area contributed by atoms with E-state index in [0.717, 1.165) is 12.8 Å². The van der Waals surface area contributed by atoms with Crippen LogP contribution in [0.5, 0.6) is 0 Å². The molecule has 2 saturated heterocycles. The number of hydrogen-bond donors (Lipinski definition) is 1. The Morgan fingerprint density at radius 3 is 2.61 bits per heavy atom. The van der Waals surface area contributed by atoms with Crippen molar-refractivity contribution < 1.29 is 14.4 Å². The van der Waals surface area contributed by atoms with Gasteiger partial charge in [-0.25, -0.2) is 0 Å². The van der Waals surface area contributed by atoms with Crippen molar-refractivity contribution in [3.8, 4) is 18.2 Å². The molecular formula is C19H15N5O4. The van der Waals surface area contributed by atoms with E-state index in [2.05, 4.69) is 6.07 Å². The van der Waals surface area contributed by atoms with Gasteiger partial charge in [-0.15, -0.1) is 0 Å². The first-order valence-electron chi connectivity index (χ1n) is 8.85. The van der Waals surface area contributed by atoms with Crippen LogP contribution in [0.4, 0.5) is 5.69 Å². The molecule has 9 heteroatoms. The molecule has 1 N–H and O–H groups in total. The van der Waals surface area contributed by atoms with E-state index >= 15 is 0 Å². The third kappa shape index (κ3) is 1.88. The van der Waals surface area contributed by atoms with Gasteiger partial charge in [0.1, 0.15) is 6.10 Å². The maximum Gasteiger partial charge on any atom is 0.269 e. The van der Waals surface area contributed by atoms with Crippen LogP contribution in [0.2, 0.25) is 0 Å². The molecule has 1 aromatic rings. The van der Waals surface area contributed by atoms with E-state index in [4.69, 9.17) is 14.9 Å². The Hall–Kier alpha value is -3.48. The minimum Gasteiger partial charge on any atom is -0.447 e. The average molecular weight is 377 g/mol. The summed E-state index contributed by atoms with van der Waals surface area (Å²) in [5, 5.41) is 49.9. The molecule has 3 fully saturated rings. The van der Waals surface area contributed by atoms with Gasteiger partial charge in [0.15, 0.2) is 5.41 Å². The second-order valence-electron chi connectivity index (χ2n) is 7.34. The molecular weight excluding hydrogens is 362 g/mol. The zero-order chi connectivity index (χ0) is 20.2. The summed E-state index contributed by atoms with van der Waals surface area (Å²) in [4.78, 5) is 10.6. The normalized spacial score (nSPS) is 34.8. The summed E-state index contributed by atoms with van der Waals surface area (Å²) in [6, 6.07) is 11.5. The Morgan fingerprint density at radius 2 is 1.96 bits per heavy atom. The smallest absolute Gasteiger partial charge is 0.269 e. The zero-order valence-electron chi connectivity index (χ0n) is 14.7. The third-order valence-electron chi connectivity index (χ3n) is 6.20. The topological polar surface area (TPSA) is 157 Å². The minimum absolute atomic E-state index is 0.219. The van der Waals surface area contributed by atoms with E-state index in [1.165, 1.54) is 24.3 Å². The maximum absolute atomic E-state index is 11.2. The highest BCUT2D eigenvalue weighted by atomic mass is 16.7. The number of nitriles is 3. The summed E-state index contributed by atoms with van der Waals surface area (Å²) in [5.74, 6) is -2.34. The number of rotatable bonds is 2. The minimum atomic E-state index is -2.07. The van der Waals surface area contributed by atoms with Crippen molar-refractivity contribution in [3.05, 3.63) is 39.9 Å². The summed E-state index contributed by atoms with van der Waals surface area (Å²) in [6.45, 7) is 0. The van der Waals surface area contributed by atoms with Gasteiger partial charge in [0.05, 0.1) is 29.0 Å². The number of benzene rings is 1. The van der Waals surface area contributed by atoms with Crippen molar-refractivity contribution in [2.75, 3.05) is 0 Å². The molecule has 4 rings (SSSR count). The number of nitro benzene ring substituents is 1. The van der Waals surface area contributed by atoms with Gasteiger partial charge >= 0.3 is 0 Å². The number of ether oxygens (including phenoxy) is 2. The van der Waals surface area contributed by atoms with Crippen LogP contribution in [-0.2, 0) is 9.47 Å². The molecule has 0 unspecified atom stereocenters. The van der Waals surface area contributed by atoms with Crippen LogP contribution >= 0.6 is 0 Å². The number of nitrogens with zero attached hydrogens (tertiary/aromatic N) is 4. The molecule has 0 radical (unpaired) electrons. The van der Waals surface area contributed by atoms with Crippen LogP contribution in [0.1, 0.15) is 37.4 Å². The SMILES string of the molecule is N#CC1(C#N)[C@@H](c2cccc([N+](=O)[O-])c2)O[C@@]23CCCC[C@H]2[C@]1(C#N)C(=N)O3. The first-order valence-corrected chi connectivity index (χ1v) is 8.85. The Kier molecular flexibility index (Phi) is 3.68. The maximum atomic E-state index is 11.2. The van der Waals surface area contributed by atoms with Crippen molar-refractivity contribution in [2.24, 2.45) is 16.7 Å². The zero-order valence-corrected chi connectivity index (χ0v) is 14.7. The molecule has 1 saturated carbocycles. The highest BCUT2D eigenvalue weighted by Gasteiger charge is 2.80. The molecule has 0 amide bonds. The van der Waals surface area contributed by atoms with Crippen molar-refractivity contribution in [3.63, 3.8) is 0 Å². The second kappa shape index (κ2) is 5.76. The first-order chi connectivity index (χ1) is 13.4. The highest BCUT2D eigenvalue weighted by Crippen LogP contribution is 2.69. The van der Waals surface area contributed by atoms with E-state index in [9.17, 15) is 25.9 Å². The lowest BCUT2D eigenvalue weighted by Gasteiger charge is -2.51. The Balaban J connectivity index is 1.99. The lowest BCUT2D eigenvalue weighted by Crippen LogP contribution is -2.60. The molecule has 2 bridgehead atoms. The summed E-state index contributed by atoms with van der Waals surface area (Å²) in [7, 11) is 0. The van der Waals surface area contributed by atoms with Crippen molar-refractivity contribution in [2.45, 2.75) is 37.6 Å². The van der Waals surface area contributed by atoms with Gasteiger partial charge in [-0.2, -0.15) is 15.8 Å². The number of non-ortho nitro benzene ring substituents is 1. The van der Waals surface area contributed by atoms with Gasteiger partial charge in [0.2, 0.25) is 17.1 Å². The summed E-state index contributed by atoms with van der Waals surface area (Å²) >= 11 is 0. The van der Waals surface area contributed by atoms with Crippen molar-refractivity contribution in [1.29, 1.82) is 21.2 Å². The number of nitrogens with one attached hydrogen (secondary N) is 1. The lowest BCUT2D eigenvalue weighted by molar-refractivity contribution is -0.385. The molecule has 1 aromatic carbocycles. The van der Waals surface area contributed by atoms with Gasteiger partial charge in [-0.3, -0.25) is 15.5 Å². The first kappa shape index (κ1) is 17.9. The van der Waals surface area contributed by atoms with Crippen LogP contribution < -0.4 is 0 Å². The Labute approximate surface area is 160 Å². The molecule has 0 aromatic heterocycles. The quantitative estimate of drug-likeness (QED) is 0.612. The second-order valence-corrected chi connectivity index (χ2v) is 7.34. The molecule has 9 nitrogen and oxygen atoms in total. The predicted molar refractivity (Wildman–Crippen MR) is 92.1 cm³/mol. The lowest BCUT2D eigenvalue weighted by atomic mass is 9.51. The van der Waals surface area contributed by atoms with E-state index in [1.807, 2.05) is 12.1 Å². The molecule has 1 aliphatic carbocycles. The van der Waals surface area contributed by atoms with Crippen molar-refractivity contribution in [1.82, 2.24) is 0 Å². The molecule has 3 aliphatic rings. The van der Waals surface area contributed by atoms with E-state index in [1.54, 1.807) is 0 Å². The average Bonchev–Trinajstić information content (AvgIpc) is 2.92. The van der Waals surface area contributed by atoms with Crippen LogP contribution in [0.3, 0.4) is 0 Å². The van der Waals surface area contributed by atoms with Crippen LogP contribution in [0.25, 0.3) is 0 Å². The van der Waals surface area contributed by atoms with Gasteiger partial charge in [-0.05, 0) is 18.4 Å².